The first kappa shape index (κ1) is 14.9. The van der Waals surface area contributed by atoms with Crippen molar-refractivity contribution >= 4 is 11.5 Å². The highest BCUT2D eigenvalue weighted by Crippen LogP contribution is 2.24. The Kier molecular flexibility index (Phi) is 4.65. The van der Waals surface area contributed by atoms with Gasteiger partial charge in [-0.25, -0.2) is 0 Å². The zero-order valence-electron chi connectivity index (χ0n) is 12.8. The molecule has 20 heavy (non-hydrogen) atoms. The van der Waals surface area contributed by atoms with Crippen LogP contribution < -0.4 is 10.6 Å². The van der Waals surface area contributed by atoms with Crippen LogP contribution in [-0.2, 0) is 0 Å². The maximum atomic E-state index is 7.59. The predicted molar refractivity (Wildman–Crippen MR) is 85.7 cm³/mol. The van der Waals surface area contributed by atoms with Gasteiger partial charge in [-0.3, -0.25) is 5.41 Å². The van der Waals surface area contributed by atoms with Crippen molar-refractivity contribution in [2.24, 2.45) is 5.73 Å². The predicted octanol–water partition coefficient (Wildman–Crippen LogP) is 2.20. The summed E-state index contributed by atoms with van der Waals surface area (Å²) < 4.78 is 0. The lowest BCUT2D eigenvalue weighted by Gasteiger charge is -2.32. The van der Waals surface area contributed by atoms with Gasteiger partial charge in [0.2, 0.25) is 0 Å². The molecule has 1 unspecified atom stereocenters. The zero-order valence-corrected chi connectivity index (χ0v) is 12.8. The van der Waals surface area contributed by atoms with Gasteiger partial charge in [-0.2, -0.15) is 0 Å². The quantitative estimate of drug-likeness (QED) is 0.656. The van der Waals surface area contributed by atoms with Crippen LogP contribution in [0.4, 0.5) is 5.69 Å². The second-order valence-electron chi connectivity index (χ2n) is 5.78. The number of amidine groups is 1. The number of nitrogens with zero attached hydrogens (tertiary/aromatic N) is 2. The summed E-state index contributed by atoms with van der Waals surface area (Å²) in [6.45, 7) is 7.67. The fourth-order valence-corrected chi connectivity index (χ4v) is 3.06. The minimum absolute atomic E-state index is 0.150. The normalized spacial score (nSPS) is 20.8. The molecule has 110 valence electrons. The zero-order chi connectivity index (χ0) is 14.7. The van der Waals surface area contributed by atoms with E-state index in [0.717, 1.165) is 37.2 Å². The van der Waals surface area contributed by atoms with Crippen LogP contribution in [0, 0.1) is 12.3 Å². The van der Waals surface area contributed by atoms with Crippen molar-refractivity contribution in [2.45, 2.75) is 32.7 Å². The monoisotopic (exact) mass is 274 g/mol. The summed E-state index contributed by atoms with van der Waals surface area (Å²) in [4.78, 5) is 4.94. The molecule has 1 aromatic rings. The van der Waals surface area contributed by atoms with E-state index in [1.165, 1.54) is 12.1 Å². The highest BCUT2D eigenvalue weighted by Gasteiger charge is 2.22. The van der Waals surface area contributed by atoms with Crippen molar-refractivity contribution in [2.75, 3.05) is 31.6 Å². The van der Waals surface area contributed by atoms with Gasteiger partial charge in [-0.05, 0) is 57.1 Å². The lowest BCUT2D eigenvalue weighted by atomic mass is 10.0. The van der Waals surface area contributed by atoms with Crippen molar-refractivity contribution in [3.8, 4) is 0 Å². The van der Waals surface area contributed by atoms with Crippen LogP contribution in [0.2, 0.25) is 0 Å². The molecule has 0 spiro atoms. The molecule has 4 nitrogen and oxygen atoms in total. The van der Waals surface area contributed by atoms with E-state index in [0.29, 0.717) is 6.04 Å². The van der Waals surface area contributed by atoms with Crippen LogP contribution in [0.25, 0.3) is 0 Å². The number of anilines is 1. The molecule has 0 radical (unpaired) electrons. The summed E-state index contributed by atoms with van der Waals surface area (Å²) in [6.07, 6.45) is 2.35. The Morgan fingerprint density at radius 3 is 2.75 bits per heavy atom. The highest BCUT2D eigenvalue weighted by molar-refractivity contribution is 5.96. The molecule has 1 atom stereocenters. The lowest BCUT2D eigenvalue weighted by molar-refractivity contribution is 0.328. The maximum Gasteiger partial charge on any atom is 0.123 e. The van der Waals surface area contributed by atoms with Gasteiger partial charge in [-0.15, -0.1) is 0 Å². The topological polar surface area (TPSA) is 56.4 Å². The number of hydrogen-bond acceptors (Lipinski definition) is 3. The van der Waals surface area contributed by atoms with E-state index in [1.807, 2.05) is 13.0 Å². The van der Waals surface area contributed by atoms with Crippen molar-refractivity contribution < 1.29 is 0 Å². The Labute approximate surface area is 122 Å². The Morgan fingerprint density at radius 1 is 1.40 bits per heavy atom. The van der Waals surface area contributed by atoms with Crippen LogP contribution in [-0.4, -0.2) is 43.5 Å². The minimum Gasteiger partial charge on any atom is -0.384 e. The highest BCUT2D eigenvalue weighted by atomic mass is 15.2. The molecule has 0 amide bonds. The van der Waals surface area contributed by atoms with E-state index in [1.54, 1.807) is 0 Å². The van der Waals surface area contributed by atoms with Crippen molar-refractivity contribution in [3.63, 3.8) is 0 Å². The molecule has 1 aliphatic heterocycles. The standard InChI is InChI=1S/C16H26N4/c1-4-13-11-19(3)8-5-9-20(13)14-6-7-15(16(17)18)12(2)10-14/h6-7,10,13H,4-5,8-9,11H2,1-3H3,(H3,17,18). The molecular formula is C16H26N4. The molecule has 0 aromatic heterocycles. The average Bonchev–Trinajstić information content (AvgIpc) is 2.59. The molecule has 1 aliphatic rings. The average molecular weight is 274 g/mol. The van der Waals surface area contributed by atoms with Crippen LogP contribution in [0.5, 0.6) is 0 Å². The number of hydrogen-bond donors (Lipinski definition) is 2. The van der Waals surface area contributed by atoms with Gasteiger partial charge in [0.05, 0.1) is 0 Å². The first-order valence-corrected chi connectivity index (χ1v) is 7.43. The van der Waals surface area contributed by atoms with E-state index >= 15 is 0 Å². The van der Waals surface area contributed by atoms with Gasteiger partial charge in [0.1, 0.15) is 5.84 Å². The number of nitrogens with one attached hydrogen (secondary N) is 1. The molecule has 1 saturated heterocycles. The molecule has 3 N–H and O–H groups in total. The molecule has 1 aromatic carbocycles. The lowest BCUT2D eigenvalue weighted by Crippen LogP contribution is -2.39. The van der Waals surface area contributed by atoms with Crippen molar-refractivity contribution in [1.82, 2.24) is 4.90 Å². The first-order valence-electron chi connectivity index (χ1n) is 7.43. The molecule has 0 saturated carbocycles. The van der Waals surface area contributed by atoms with Gasteiger partial charge in [0.25, 0.3) is 0 Å². The van der Waals surface area contributed by atoms with Gasteiger partial charge >= 0.3 is 0 Å². The van der Waals surface area contributed by atoms with Crippen molar-refractivity contribution in [1.29, 1.82) is 5.41 Å². The molecule has 0 aliphatic carbocycles. The summed E-state index contributed by atoms with van der Waals surface area (Å²) in [5.74, 6) is 0.150. The second kappa shape index (κ2) is 6.27. The smallest absolute Gasteiger partial charge is 0.123 e. The minimum atomic E-state index is 0.150. The Balaban J connectivity index is 2.28. The summed E-state index contributed by atoms with van der Waals surface area (Å²) in [5, 5.41) is 7.59. The van der Waals surface area contributed by atoms with Crippen LogP contribution in [0.1, 0.15) is 30.9 Å². The Morgan fingerprint density at radius 2 is 2.15 bits per heavy atom. The molecule has 4 heteroatoms. The Bertz CT molecular complexity index is 483. The molecule has 1 heterocycles. The summed E-state index contributed by atoms with van der Waals surface area (Å²) in [6, 6.07) is 6.82. The van der Waals surface area contributed by atoms with Crippen LogP contribution in [0.3, 0.4) is 0 Å². The van der Waals surface area contributed by atoms with E-state index in [4.69, 9.17) is 11.1 Å². The third-order valence-corrected chi connectivity index (χ3v) is 4.21. The molecular weight excluding hydrogens is 248 g/mol. The van der Waals surface area contributed by atoms with Gasteiger partial charge in [0.15, 0.2) is 0 Å². The maximum absolute atomic E-state index is 7.59. The molecule has 0 bridgehead atoms. The number of nitrogens with two attached hydrogens (primary N) is 1. The number of likely N-dealkylation sites (N-methyl/N-ethyl adjacent to an activating group) is 1. The van der Waals surface area contributed by atoms with Crippen molar-refractivity contribution in [3.05, 3.63) is 29.3 Å². The number of benzene rings is 1. The van der Waals surface area contributed by atoms with Gasteiger partial charge in [0, 0.05) is 30.4 Å². The molecule has 2 rings (SSSR count). The van der Waals surface area contributed by atoms with Crippen LogP contribution >= 0.6 is 0 Å². The Hall–Kier alpha value is -1.55. The summed E-state index contributed by atoms with van der Waals surface area (Å²) in [7, 11) is 2.20. The van der Waals surface area contributed by atoms with Gasteiger partial charge < -0.3 is 15.5 Å². The number of nitrogen functional groups attached to an aromatic ring is 1. The number of rotatable bonds is 3. The van der Waals surface area contributed by atoms with E-state index in [-0.39, 0.29) is 5.84 Å². The SMILES string of the molecule is CCC1CN(C)CCCN1c1ccc(C(=N)N)c(C)c1. The van der Waals surface area contributed by atoms with E-state index in [9.17, 15) is 0 Å². The fourth-order valence-electron chi connectivity index (χ4n) is 3.06. The summed E-state index contributed by atoms with van der Waals surface area (Å²) in [5.41, 5.74) is 8.79. The van der Waals surface area contributed by atoms with Crippen LogP contribution in [0.15, 0.2) is 18.2 Å². The summed E-state index contributed by atoms with van der Waals surface area (Å²) >= 11 is 0. The van der Waals surface area contributed by atoms with Gasteiger partial charge in [-0.1, -0.05) is 6.92 Å². The fraction of sp³-hybridized carbons (Fsp3) is 0.562. The first-order chi connectivity index (χ1) is 9.52. The largest absolute Gasteiger partial charge is 0.384 e. The van der Waals surface area contributed by atoms with E-state index < -0.39 is 0 Å². The second-order valence-corrected chi connectivity index (χ2v) is 5.78. The van der Waals surface area contributed by atoms with E-state index in [2.05, 4.69) is 35.9 Å². The third-order valence-electron chi connectivity index (χ3n) is 4.21. The molecule has 1 fully saturated rings. The third kappa shape index (κ3) is 3.12. The number of aryl methyl sites for hydroxylation is 1.